The lowest BCUT2D eigenvalue weighted by Crippen LogP contribution is -2.60. The van der Waals surface area contributed by atoms with Crippen molar-refractivity contribution in [2.24, 2.45) is 0 Å². The molecule has 1 saturated heterocycles. The summed E-state index contributed by atoms with van der Waals surface area (Å²) in [5, 5.41) is 0. The molecule has 6 heteroatoms. The second kappa shape index (κ2) is 6.41. The maximum absolute atomic E-state index is 14.5. The standard InChI is InChI=1S/C18H23FN2O3/c19-18(7-3-8-18)17(22)21-10-11-23-16-14(21)5-6-15(16)24-12-13-4-1-2-9-20-13/h1-2,4,9,14-16H,3,5-8,10-12H2/t14-,15-,16+/m0/s1. The minimum absolute atomic E-state index is 0.0618. The van der Waals surface area contributed by atoms with Crippen LogP contribution in [0.3, 0.4) is 0 Å². The molecule has 1 aromatic heterocycles. The molecule has 2 heterocycles. The highest BCUT2D eigenvalue weighted by atomic mass is 19.1. The molecule has 0 radical (unpaired) electrons. The summed E-state index contributed by atoms with van der Waals surface area (Å²) in [4.78, 5) is 18.6. The molecular weight excluding hydrogens is 311 g/mol. The smallest absolute Gasteiger partial charge is 0.260 e. The maximum Gasteiger partial charge on any atom is 0.260 e. The largest absolute Gasteiger partial charge is 0.372 e. The van der Waals surface area contributed by atoms with Crippen LogP contribution in [0.25, 0.3) is 0 Å². The molecule has 0 N–H and O–H groups in total. The second-order valence-corrected chi connectivity index (χ2v) is 6.97. The summed E-state index contributed by atoms with van der Waals surface area (Å²) < 4.78 is 26.4. The molecule has 2 aliphatic carbocycles. The molecule has 2 saturated carbocycles. The van der Waals surface area contributed by atoms with Gasteiger partial charge in [0.2, 0.25) is 0 Å². The van der Waals surface area contributed by atoms with Crippen molar-refractivity contribution in [3.8, 4) is 0 Å². The van der Waals surface area contributed by atoms with E-state index in [4.69, 9.17) is 9.47 Å². The summed E-state index contributed by atoms with van der Waals surface area (Å²) in [6.45, 7) is 1.37. The Hall–Kier alpha value is -1.53. The van der Waals surface area contributed by atoms with Gasteiger partial charge in [-0.1, -0.05) is 6.07 Å². The monoisotopic (exact) mass is 334 g/mol. The summed E-state index contributed by atoms with van der Waals surface area (Å²) in [6, 6.07) is 5.66. The van der Waals surface area contributed by atoms with Crippen LogP contribution < -0.4 is 0 Å². The van der Waals surface area contributed by atoms with Gasteiger partial charge in [0.25, 0.3) is 5.91 Å². The molecule has 1 amide bonds. The second-order valence-electron chi connectivity index (χ2n) is 6.97. The lowest BCUT2D eigenvalue weighted by Gasteiger charge is -2.44. The van der Waals surface area contributed by atoms with Crippen molar-refractivity contribution in [2.75, 3.05) is 13.2 Å². The molecule has 0 bridgehead atoms. The van der Waals surface area contributed by atoms with E-state index in [9.17, 15) is 9.18 Å². The third-order valence-electron chi connectivity index (χ3n) is 5.50. The van der Waals surface area contributed by atoms with Gasteiger partial charge in [0, 0.05) is 12.7 Å². The van der Waals surface area contributed by atoms with Gasteiger partial charge in [0.05, 0.1) is 31.1 Å². The zero-order valence-electron chi connectivity index (χ0n) is 13.7. The molecule has 3 atom stereocenters. The maximum atomic E-state index is 14.5. The van der Waals surface area contributed by atoms with Gasteiger partial charge in [-0.15, -0.1) is 0 Å². The predicted octanol–water partition coefficient (Wildman–Crippen LogP) is 2.25. The summed E-state index contributed by atoms with van der Waals surface area (Å²) in [5.74, 6) is -0.336. The van der Waals surface area contributed by atoms with E-state index >= 15 is 0 Å². The van der Waals surface area contributed by atoms with Gasteiger partial charge in [-0.3, -0.25) is 9.78 Å². The van der Waals surface area contributed by atoms with Crippen LogP contribution in [0.5, 0.6) is 0 Å². The number of nitrogens with zero attached hydrogens (tertiary/aromatic N) is 2. The zero-order valence-corrected chi connectivity index (χ0v) is 13.7. The van der Waals surface area contributed by atoms with E-state index < -0.39 is 5.67 Å². The van der Waals surface area contributed by atoms with Crippen molar-refractivity contribution in [2.45, 2.75) is 62.6 Å². The molecule has 3 fully saturated rings. The Morgan fingerprint density at radius 3 is 3.00 bits per heavy atom. The number of carbonyl (C=O) groups excluding carboxylic acids is 1. The topological polar surface area (TPSA) is 51.7 Å². The van der Waals surface area contributed by atoms with Gasteiger partial charge in [0.15, 0.2) is 5.67 Å². The number of amides is 1. The minimum atomic E-state index is -1.63. The van der Waals surface area contributed by atoms with Crippen LogP contribution >= 0.6 is 0 Å². The van der Waals surface area contributed by atoms with Crippen molar-refractivity contribution >= 4 is 5.91 Å². The van der Waals surface area contributed by atoms with Gasteiger partial charge in [-0.2, -0.15) is 0 Å². The number of halogens is 1. The Bertz CT molecular complexity index is 593. The van der Waals surface area contributed by atoms with E-state index in [0.29, 0.717) is 32.6 Å². The van der Waals surface area contributed by atoms with Gasteiger partial charge in [-0.05, 0) is 44.2 Å². The van der Waals surface area contributed by atoms with E-state index in [1.807, 2.05) is 18.2 Å². The Labute approximate surface area is 141 Å². The third kappa shape index (κ3) is 2.82. The Morgan fingerprint density at radius 2 is 2.29 bits per heavy atom. The zero-order chi connectivity index (χ0) is 16.6. The number of carbonyl (C=O) groups is 1. The molecule has 0 spiro atoms. The number of hydrogen-bond acceptors (Lipinski definition) is 4. The van der Waals surface area contributed by atoms with E-state index in [1.54, 1.807) is 11.1 Å². The third-order valence-corrected chi connectivity index (χ3v) is 5.50. The molecule has 1 aromatic rings. The highest BCUT2D eigenvalue weighted by Gasteiger charge is 2.52. The number of pyridine rings is 1. The molecule has 24 heavy (non-hydrogen) atoms. The minimum Gasteiger partial charge on any atom is -0.372 e. The molecule has 1 aliphatic heterocycles. The van der Waals surface area contributed by atoms with Crippen molar-refractivity contribution in [1.29, 1.82) is 0 Å². The highest BCUT2D eigenvalue weighted by molar-refractivity contribution is 5.86. The van der Waals surface area contributed by atoms with Crippen LogP contribution in [0.4, 0.5) is 4.39 Å². The normalized spacial score (nSPS) is 31.4. The lowest BCUT2D eigenvalue weighted by atomic mass is 9.80. The van der Waals surface area contributed by atoms with E-state index in [1.165, 1.54) is 0 Å². The summed E-state index contributed by atoms with van der Waals surface area (Å²) in [7, 11) is 0. The number of ether oxygens (including phenoxy) is 2. The molecule has 130 valence electrons. The van der Waals surface area contributed by atoms with Gasteiger partial charge < -0.3 is 14.4 Å². The highest BCUT2D eigenvalue weighted by Crippen LogP contribution is 2.40. The fraction of sp³-hybridized carbons (Fsp3) is 0.667. The molecule has 5 nitrogen and oxygen atoms in total. The van der Waals surface area contributed by atoms with Crippen LogP contribution in [-0.2, 0) is 20.9 Å². The van der Waals surface area contributed by atoms with E-state index in [0.717, 1.165) is 25.0 Å². The van der Waals surface area contributed by atoms with Crippen molar-refractivity contribution in [3.63, 3.8) is 0 Å². The average molecular weight is 334 g/mol. The molecular formula is C18H23FN2O3. The van der Waals surface area contributed by atoms with Crippen molar-refractivity contribution in [3.05, 3.63) is 30.1 Å². The quantitative estimate of drug-likeness (QED) is 0.847. The number of fused-ring (bicyclic) bond motifs is 1. The first-order chi connectivity index (χ1) is 11.7. The van der Waals surface area contributed by atoms with Crippen LogP contribution in [-0.4, -0.2) is 52.9 Å². The van der Waals surface area contributed by atoms with Crippen molar-refractivity contribution in [1.82, 2.24) is 9.88 Å². The van der Waals surface area contributed by atoms with Crippen LogP contribution in [0.15, 0.2) is 24.4 Å². The summed E-state index contributed by atoms with van der Waals surface area (Å²) in [6.07, 6.45) is 4.67. The Kier molecular flexibility index (Phi) is 4.26. The summed E-state index contributed by atoms with van der Waals surface area (Å²) in [5.41, 5.74) is -0.753. The number of hydrogen-bond donors (Lipinski definition) is 0. The fourth-order valence-electron chi connectivity index (χ4n) is 3.98. The Balaban J connectivity index is 1.40. The summed E-state index contributed by atoms with van der Waals surface area (Å²) >= 11 is 0. The number of morpholine rings is 1. The van der Waals surface area contributed by atoms with Gasteiger partial charge >= 0.3 is 0 Å². The number of aromatic nitrogens is 1. The first-order valence-corrected chi connectivity index (χ1v) is 8.80. The average Bonchev–Trinajstić information content (AvgIpc) is 3.01. The SMILES string of the molecule is O=C(N1CCO[C@H]2[C@@H](OCc3ccccn3)CC[C@@H]21)C1(F)CCC1. The number of alkyl halides is 1. The first kappa shape index (κ1) is 16.0. The van der Waals surface area contributed by atoms with Crippen LogP contribution in [0, 0.1) is 0 Å². The molecule has 0 aromatic carbocycles. The lowest BCUT2D eigenvalue weighted by molar-refractivity contribution is -0.168. The van der Waals surface area contributed by atoms with Gasteiger partial charge in [-0.25, -0.2) is 4.39 Å². The first-order valence-electron chi connectivity index (χ1n) is 8.80. The van der Waals surface area contributed by atoms with Crippen molar-refractivity contribution < 1.29 is 18.7 Å². The molecule has 4 rings (SSSR count). The number of rotatable bonds is 4. The van der Waals surface area contributed by atoms with E-state index in [2.05, 4.69) is 4.98 Å². The van der Waals surface area contributed by atoms with Crippen LogP contribution in [0.1, 0.15) is 37.8 Å². The van der Waals surface area contributed by atoms with E-state index in [-0.39, 0.29) is 24.2 Å². The predicted molar refractivity (Wildman–Crippen MR) is 85.0 cm³/mol. The fourth-order valence-corrected chi connectivity index (χ4v) is 3.98. The molecule has 3 aliphatic rings. The molecule has 0 unspecified atom stereocenters. The van der Waals surface area contributed by atoms with Crippen LogP contribution in [0.2, 0.25) is 0 Å². The van der Waals surface area contributed by atoms with Gasteiger partial charge in [0.1, 0.15) is 6.10 Å². The Morgan fingerprint density at radius 1 is 1.42 bits per heavy atom.